The lowest BCUT2D eigenvalue weighted by Crippen LogP contribution is -2.67. The van der Waals surface area contributed by atoms with Crippen molar-refractivity contribution in [1.29, 1.82) is 0 Å². The number of rotatable bonds is 16. The summed E-state index contributed by atoms with van der Waals surface area (Å²) in [5, 5.41) is 30.8. The molecule has 3 aliphatic carbocycles. The molecule has 0 unspecified atom stereocenters. The third-order valence-corrected chi connectivity index (χ3v) is 12.8. The smallest absolute Gasteiger partial charge is 0.355 e. The molecule has 0 saturated heterocycles. The minimum atomic E-state index is -1.09. The number of aromatic carboxylic acids is 1. The van der Waals surface area contributed by atoms with E-state index in [0.29, 0.717) is 53.0 Å². The number of aryl methyl sites for hydroxylation is 1. The monoisotopic (exact) mass is 754 g/mol. The van der Waals surface area contributed by atoms with Gasteiger partial charge in [-0.05, 0) is 111 Å². The molecular formula is C37H39FN10O3S2. The van der Waals surface area contributed by atoms with Crippen LogP contribution in [0.2, 0.25) is 0 Å². The number of nitrogens with one attached hydrogen (secondary N) is 2. The van der Waals surface area contributed by atoms with E-state index in [9.17, 15) is 9.90 Å². The number of benzene rings is 2. The highest BCUT2D eigenvalue weighted by atomic mass is 32.1. The fraction of sp³-hybridized carbons (Fsp3) is 0.432. The van der Waals surface area contributed by atoms with E-state index in [-0.39, 0.29) is 29.3 Å². The Labute approximate surface area is 313 Å². The van der Waals surface area contributed by atoms with E-state index in [1.54, 1.807) is 23.5 Å². The number of nitrogens with zero attached hydrogens (tertiary/aromatic N) is 8. The number of hydrogen-bond donors (Lipinski definition) is 3. The minimum absolute atomic E-state index is 0.0196. The molecule has 0 amide bonds. The van der Waals surface area contributed by atoms with Crippen molar-refractivity contribution >= 4 is 60.8 Å². The minimum Gasteiger partial charge on any atom is -0.491 e. The summed E-state index contributed by atoms with van der Waals surface area (Å²) < 4.78 is 22.1. The number of carboxylic acid groups (broad SMARTS) is 1. The quantitative estimate of drug-likeness (QED) is 0.0385. The lowest BCUT2D eigenvalue weighted by molar-refractivity contribution is -0.137. The molecule has 1 aliphatic heterocycles. The summed E-state index contributed by atoms with van der Waals surface area (Å²) in [6, 6.07) is 13.3. The Balaban J connectivity index is 0.870. The van der Waals surface area contributed by atoms with Crippen LogP contribution in [0.15, 0.2) is 47.6 Å². The van der Waals surface area contributed by atoms with Crippen molar-refractivity contribution < 1.29 is 19.0 Å². The fourth-order valence-electron chi connectivity index (χ4n) is 8.23. The van der Waals surface area contributed by atoms with Crippen molar-refractivity contribution in [2.24, 2.45) is 10.5 Å². The molecular weight excluding hydrogens is 716 g/mol. The van der Waals surface area contributed by atoms with Gasteiger partial charge in [-0.15, -0.1) is 21.5 Å². The maximum Gasteiger partial charge on any atom is 0.355 e. The first-order chi connectivity index (χ1) is 25.8. The Hall–Kier alpha value is -4.89. The molecule has 0 spiro atoms. The van der Waals surface area contributed by atoms with E-state index in [4.69, 9.17) is 10.3 Å². The topological polar surface area (TPSA) is 174 Å². The lowest BCUT2D eigenvalue weighted by atomic mass is 9.33. The summed E-state index contributed by atoms with van der Waals surface area (Å²) in [6.07, 6.45) is 6.57. The van der Waals surface area contributed by atoms with Crippen molar-refractivity contribution in [1.82, 2.24) is 25.5 Å². The van der Waals surface area contributed by atoms with Crippen LogP contribution in [-0.4, -0.2) is 64.0 Å². The first-order valence-corrected chi connectivity index (χ1v) is 19.5. The van der Waals surface area contributed by atoms with E-state index < -0.39 is 5.97 Å². The SMILES string of the molecule is Cc1c(Nc2nc3ccccc3s2)nnc2c1CCCN2c1nc(C(=O)O)c(CCCOc2ccc(C34CC(CNCCCN=[N+]=[N-])(C3)C4)cc2F)s1. The summed E-state index contributed by atoms with van der Waals surface area (Å²) in [5.74, 6) is 0.0811. The van der Waals surface area contributed by atoms with Crippen LogP contribution in [0, 0.1) is 18.2 Å². The van der Waals surface area contributed by atoms with Gasteiger partial charge in [-0.2, -0.15) is 0 Å². The highest BCUT2D eigenvalue weighted by molar-refractivity contribution is 7.22. The lowest BCUT2D eigenvalue weighted by Gasteiger charge is -2.71. The van der Waals surface area contributed by atoms with Gasteiger partial charge in [0.15, 0.2) is 39.2 Å². The molecule has 3 N–H and O–H groups in total. The Kier molecular flexibility index (Phi) is 9.62. The fourth-order valence-corrected chi connectivity index (χ4v) is 10.2. The largest absolute Gasteiger partial charge is 0.491 e. The normalized spacial score (nSPS) is 19.9. The molecule has 0 radical (unpaired) electrons. The van der Waals surface area contributed by atoms with Gasteiger partial charge in [-0.3, -0.25) is 0 Å². The van der Waals surface area contributed by atoms with E-state index in [1.807, 2.05) is 42.2 Å². The molecule has 3 aromatic heterocycles. The second-order valence-electron chi connectivity index (χ2n) is 14.3. The zero-order chi connectivity index (χ0) is 36.6. The number of halogens is 1. The first kappa shape index (κ1) is 35.2. The molecule has 3 fully saturated rings. The number of carboxylic acids is 1. The number of hydrogen-bond acceptors (Lipinski definition) is 12. The number of ether oxygens (including phenoxy) is 1. The van der Waals surface area contributed by atoms with E-state index in [2.05, 4.69) is 40.8 Å². The van der Waals surface area contributed by atoms with E-state index in [1.165, 1.54) is 11.3 Å². The van der Waals surface area contributed by atoms with Crippen LogP contribution in [0.4, 0.5) is 26.3 Å². The van der Waals surface area contributed by atoms with Crippen LogP contribution in [0.1, 0.15) is 70.6 Å². The molecule has 3 saturated carbocycles. The number of thiazole rings is 2. The molecule has 53 heavy (non-hydrogen) atoms. The average molecular weight is 755 g/mol. The number of anilines is 4. The third kappa shape index (κ3) is 6.87. The number of azide groups is 1. The molecule has 2 bridgehead atoms. The van der Waals surface area contributed by atoms with E-state index in [0.717, 1.165) is 83.7 Å². The predicted molar refractivity (Wildman–Crippen MR) is 204 cm³/mol. The Bertz CT molecular complexity index is 2180. The van der Waals surface area contributed by atoms with Crippen LogP contribution in [0.25, 0.3) is 20.7 Å². The van der Waals surface area contributed by atoms with Gasteiger partial charge in [-0.25, -0.2) is 19.2 Å². The number of aromatic nitrogens is 4. The maximum absolute atomic E-state index is 15.2. The summed E-state index contributed by atoms with van der Waals surface area (Å²) in [4.78, 5) is 26.9. The van der Waals surface area contributed by atoms with Crippen LogP contribution in [0.3, 0.4) is 0 Å². The van der Waals surface area contributed by atoms with Crippen molar-refractivity contribution in [2.45, 2.75) is 63.7 Å². The van der Waals surface area contributed by atoms with Gasteiger partial charge in [0.05, 0.1) is 16.8 Å². The number of carbonyl (C=O) groups is 1. The van der Waals surface area contributed by atoms with Crippen LogP contribution in [0.5, 0.6) is 5.75 Å². The van der Waals surface area contributed by atoms with Gasteiger partial charge in [0, 0.05) is 40.6 Å². The number of fused-ring (bicyclic) bond motifs is 2. The van der Waals surface area contributed by atoms with Gasteiger partial charge in [0.2, 0.25) is 0 Å². The van der Waals surface area contributed by atoms with E-state index >= 15 is 4.39 Å². The molecule has 274 valence electrons. The van der Waals surface area contributed by atoms with Gasteiger partial charge in [0.1, 0.15) is 0 Å². The zero-order valence-corrected chi connectivity index (χ0v) is 30.9. The van der Waals surface area contributed by atoms with Crippen molar-refractivity contribution in [2.75, 3.05) is 43.0 Å². The van der Waals surface area contributed by atoms with Crippen LogP contribution >= 0.6 is 22.7 Å². The molecule has 2 aromatic carbocycles. The second kappa shape index (κ2) is 14.5. The maximum atomic E-state index is 15.2. The Morgan fingerprint density at radius 1 is 1.15 bits per heavy atom. The molecule has 13 nitrogen and oxygen atoms in total. The average Bonchev–Trinajstić information content (AvgIpc) is 3.74. The van der Waals surface area contributed by atoms with Gasteiger partial charge in [0.25, 0.3) is 0 Å². The van der Waals surface area contributed by atoms with Crippen LogP contribution < -0.4 is 20.3 Å². The summed E-state index contributed by atoms with van der Waals surface area (Å²) in [5.41, 5.74) is 12.7. The highest BCUT2D eigenvalue weighted by Gasteiger charge is 2.67. The van der Waals surface area contributed by atoms with Crippen molar-refractivity contribution in [3.63, 3.8) is 0 Å². The number of para-hydroxylation sites is 1. The zero-order valence-electron chi connectivity index (χ0n) is 29.3. The second-order valence-corrected chi connectivity index (χ2v) is 16.4. The van der Waals surface area contributed by atoms with Gasteiger partial charge >= 0.3 is 5.97 Å². The van der Waals surface area contributed by atoms with Gasteiger partial charge in [-0.1, -0.05) is 34.7 Å². The van der Waals surface area contributed by atoms with Gasteiger partial charge < -0.3 is 25.4 Å². The molecule has 9 rings (SSSR count). The summed E-state index contributed by atoms with van der Waals surface area (Å²) in [7, 11) is 0. The predicted octanol–water partition coefficient (Wildman–Crippen LogP) is 8.24. The molecule has 16 heteroatoms. The molecule has 4 heterocycles. The summed E-state index contributed by atoms with van der Waals surface area (Å²) >= 11 is 2.90. The molecule has 0 atom stereocenters. The van der Waals surface area contributed by atoms with Crippen LogP contribution in [-0.2, 0) is 18.3 Å². The Morgan fingerprint density at radius 3 is 2.79 bits per heavy atom. The highest BCUT2D eigenvalue weighted by Crippen LogP contribution is 2.73. The third-order valence-electron chi connectivity index (χ3n) is 10.7. The summed E-state index contributed by atoms with van der Waals surface area (Å²) in [6.45, 7) is 5.16. The Morgan fingerprint density at radius 2 is 2.00 bits per heavy atom. The standard InChI is InChI=1S/C37H39FN10O3S2/c1-22-24-7-4-15-48(32(24)46-45-31(22)44-34-42-26-8-2-3-9-28(26)52-34)35-43-30(33(49)50)29(53-35)10-5-16-51-27-12-11-23(17-25(27)38)37-18-36(19-37,20-37)21-40-13-6-14-41-47-39/h2-3,8-9,11-12,17,40H,4-7,10,13-16,18-21H2,1H3,(H,49,50)(H,42,44,45). The van der Waals surface area contributed by atoms with Crippen molar-refractivity contribution in [3.05, 3.63) is 86.0 Å². The van der Waals surface area contributed by atoms with Crippen molar-refractivity contribution in [3.8, 4) is 5.75 Å². The molecule has 5 aromatic rings. The molecule has 4 aliphatic rings. The first-order valence-electron chi connectivity index (χ1n) is 17.9.